The van der Waals surface area contributed by atoms with Crippen LogP contribution in [-0.2, 0) is 6.42 Å². The third kappa shape index (κ3) is 8.00. The molecule has 0 aliphatic rings. The Kier molecular flexibility index (Phi) is 10.5. The number of hydrogen-bond acceptors (Lipinski definition) is 4. The predicted molar refractivity (Wildman–Crippen MR) is 133 cm³/mol. The van der Waals surface area contributed by atoms with Crippen molar-refractivity contribution >= 4 is 35.8 Å². The van der Waals surface area contributed by atoms with Crippen molar-refractivity contribution < 1.29 is 4.79 Å². The van der Waals surface area contributed by atoms with E-state index in [-0.39, 0.29) is 29.9 Å². The Balaban J connectivity index is 0.00000341. The molecule has 9 heteroatoms. The van der Waals surface area contributed by atoms with Crippen LogP contribution < -0.4 is 16.0 Å². The molecule has 0 atom stereocenters. The molecule has 164 valence electrons. The fraction of sp³-hybridized carbons (Fsp3) is 0.273. The normalized spacial score (nSPS) is 10.8. The standard InChI is InChI=1S/C22H27N7O.HI/c1-2-24-22(27-15-14-25-21(30)19-5-3-11-23-17-19)26-13-10-18-6-8-20(9-7-18)29-16-4-12-28-29;/h3-9,11-12,16-17H,2,10,13-15H2,1H3,(H,25,30)(H2,24,26,27);1H. The lowest BCUT2D eigenvalue weighted by Gasteiger charge is -2.12. The minimum atomic E-state index is -0.134. The largest absolute Gasteiger partial charge is 0.357 e. The maximum Gasteiger partial charge on any atom is 0.252 e. The second kappa shape index (κ2) is 13.4. The molecule has 8 nitrogen and oxygen atoms in total. The Labute approximate surface area is 199 Å². The summed E-state index contributed by atoms with van der Waals surface area (Å²) in [7, 11) is 0. The van der Waals surface area contributed by atoms with Crippen LogP contribution in [-0.4, -0.2) is 52.8 Å². The van der Waals surface area contributed by atoms with Gasteiger partial charge in [0.1, 0.15) is 0 Å². The van der Waals surface area contributed by atoms with Gasteiger partial charge in [-0.05, 0) is 49.2 Å². The molecular formula is C22H28IN7O. The Hall–Kier alpha value is -2.95. The minimum absolute atomic E-state index is 0. The second-order valence-corrected chi connectivity index (χ2v) is 6.55. The Morgan fingerprint density at radius 2 is 1.84 bits per heavy atom. The molecule has 0 fully saturated rings. The number of carbonyl (C=O) groups excluding carboxylic acids is 1. The molecule has 0 bridgehead atoms. The van der Waals surface area contributed by atoms with Crippen molar-refractivity contribution in [1.82, 2.24) is 30.7 Å². The first-order valence-electron chi connectivity index (χ1n) is 10.1. The molecule has 1 amide bonds. The summed E-state index contributed by atoms with van der Waals surface area (Å²) in [6, 6.07) is 13.7. The topological polar surface area (TPSA) is 96.2 Å². The Morgan fingerprint density at radius 1 is 1.03 bits per heavy atom. The van der Waals surface area contributed by atoms with Crippen LogP contribution in [0.3, 0.4) is 0 Å². The van der Waals surface area contributed by atoms with E-state index in [1.54, 1.807) is 30.7 Å². The van der Waals surface area contributed by atoms with E-state index in [1.165, 1.54) is 5.56 Å². The highest BCUT2D eigenvalue weighted by molar-refractivity contribution is 14.0. The molecule has 3 rings (SSSR count). The van der Waals surface area contributed by atoms with Crippen molar-refractivity contribution in [3.63, 3.8) is 0 Å². The highest BCUT2D eigenvalue weighted by atomic mass is 127. The lowest BCUT2D eigenvalue weighted by molar-refractivity contribution is 0.0954. The number of carbonyl (C=O) groups is 1. The van der Waals surface area contributed by atoms with Crippen LogP contribution in [0.2, 0.25) is 0 Å². The predicted octanol–water partition coefficient (Wildman–Crippen LogP) is 2.41. The third-order valence-corrected chi connectivity index (χ3v) is 4.35. The fourth-order valence-corrected chi connectivity index (χ4v) is 2.83. The van der Waals surface area contributed by atoms with Gasteiger partial charge in [0.2, 0.25) is 0 Å². The summed E-state index contributed by atoms with van der Waals surface area (Å²) in [5, 5.41) is 13.6. The number of guanidine groups is 1. The molecule has 0 saturated carbocycles. The lowest BCUT2D eigenvalue weighted by Crippen LogP contribution is -2.41. The zero-order valence-corrected chi connectivity index (χ0v) is 19.8. The van der Waals surface area contributed by atoms with E-state index >= 15 is 0 Å². The van der Waals surface area contributed by atoms with Crippen LogP contribution in [0, 0.1) is 0 Å². The number of nitrogens with one attached hydrogen (secondary N) is 3. The number of aromatic nitrogens is 3. The summed E-state index contributed by atoms with van der Waals surface area (Å²) in [5.74, 6) is 0.603. The van der Waals surface area contributed by atoms with Crippen molar-refractivity contribution in [2.24, 2.45) is 4.99 Å². The molecule has 0 saturated heterocycles. The summed E-state index contributed by atoms with van der Waals surface area (Å²) in [4.78, 5) is 20.6. The quantitative estimate of drug-likeness (QED) is 0.170. The summed E-state index contributed by atoms with van der Waals surface area (Å²) in [5.41, 5.74) is 2.81. The van der Waals surface area contributed by atoms with E-state index in [1.807, 2.05) is 23.9 Å². The molecule has 3 aromatic rings. The number of hydrogen-bond donors (Lipinski definition) is 3. The van der Waals surface area contributed by atoms with Crippen LogP contribution in [0.5, 0.6) is 0 Å². The van der Waals surface area contributed by atoms with Gasteiger partial charge in [-0.2, -0.15) is 5.10 Å². The highest BCUT2D eigenvalue weighted by Gasteiger charge is 2.04. The third-order valence-electron chi connectivity index (χ3n) is 4.35. The summed E-state index contributed by atoms with van der Waals surface area (Å²) < 4.78 is 1.84. The van der Waals surface area contributed by atoms with Gasteiger partial charge in [-0.15, -0.1) is 24.0 Å². The molecule has 0 spiro atoms. The van der Waals surface area contributed by atoms with E-state index in [4.69, 9.17) is 0 Å². The molecule has 2 heterocycles. The molecular weight excluding hydrogens is 505 g/mol. The van der Waals surface area contributed by atoms with E-state index in [0.29, 0.717) is 25.2 Å². The van der Waals surface area contributed by atoms with Crippen molar-refractivity contribution in [2.45, 2.75) is 13.3 Å². The van der Waals surface area contributed by atoms with E-state index in [9.17, 15) is 4.79 Å². The number of aliphatic imine (C=N–C) groups is 1. The van der Waals surface area contributed by atoms with Gasteiger partial charge in [0.15, 0.2) is 5.96 Å². The minimum Gasteiger partial charge on any atom is -0.357 e. The maximum atomic E-state index is 12.0. The number of nitrogens with zero attached hydrogens (tertiary/aromatic N) is 4. The molecule has 31 heavy (non-hydrogen) atoms. The van der Waals surface area contributed by atoms with Crippen molar-refractivity contribution in [2.75, 3.05) is 26.2 Å². The van der Waals surface area contributed by atoms with Crippen LogP contribution >= 0.6 is 24.0 Å². The van der Waals surface area contributed by atoms with E-state index in [0.717, 1.165) is 24.6 Å². The first-order chi connectivity index (χ1) is 14.8. The van der Waals surface area contributed by atoms with Gasteiger partial charge in [0.05, 0.1) is 11.3 Å². The SMILES string of the molecule is CCNC(=NCCc1ccc(-n2cccn2)cc1)NCCNC(=O)c1cccnc1.I. The van der Waals surface area contributed by atoms with Gasteiger partial charge in [-0.3, -0.25) is 14.8 Å². The van der Waals surface area contributed by atoms with Gasteiger partial charge in [-0.1, -0.05) is 12.1 Å². The number of halogens is 1. The molecule has 0 aliphatic carbocycles. The van der Waals surface area contributed by atoms with Crippen molar-refractivity contribution in [3.05, 3.63) is 78.4 Å². The van der Waals surface area contributed by atoms with Gasteiger partial charge in [0.25, 0.3) is 5.91 Å². The van der Waals surface area contributed by atoms with Crippen LogP contribution in [0.15, 0.2) is 72.2 Å². The first kappa shape index (κ1) is 24.3. The number of amides is 1. The zero-order valence-electron chi connectivity index (χ0n) is 17.5. The first-order valence-corrected chi connectivity index (χ1v) is 10.1. The molecule has 1 aromatic carbocycles. The smallest absolute Gasteiger partial charge is 0.252 e. The summed E-state index contributed by atoms with van der Waals surface area (Å²) in [6.45, 7) is 4.53. The zero-order chi connectivity index (χ0) is 21.0. The van der Waals surface area contributed by atoms with Gasteiger partial charge in [0, 0.05) is 51.0 Å². The maximum absolute atomic E-state index is 12.0. The van der Waals surface area contributed by atoms with E-state index < -0.39 is 0 Å². The van der Waals surface area contributed by atoms with Crippen molar-refractivity contribution in [3.8, 4) is 5.69 Å². The summed E-state index contributed by atoms with van der Waals surface area (Å²) in [6.07, 6.45) is 7.73. The lowest BCUT2D eigenvalue weighted by atomic mass is 10.1. The number of pyridine rings is 1. The Bertz CT molecular complexity index is 928. The van der Waals surface area contributed by atoms with Crippen LogP contribution in [0.4, 0.5) is 0 Å². The van der Waals surface area contributed by atoms with Crippen LogP contribution in [0.25, 0.3) is 5.69 Å². The molecule has 2 aromatic heterocycles. The second-order valence-electron chi connectivity index (χ2n) is 6.55. The average Bonchev–Trinajstić information content (AvgIpc) is 3.32. The monoisotopic (exact) mass is 533 g/mol. The number of benzene rings is 1. The van der Waals surface area contributed by atoms with E-state index in [2.05, 4.69) is 55.3 Å². The molecule has 0 aliphatic heterocycles. The summed E-state index contributed by atoms with van der Waals surface area (Å²) >= 11 is 0. The van der Waals surface area contributed by atoms with Gasteiger partial charge < -0.3 is 16.0 Å². The molecule has 0 radical (unpaired) electrons. The average molecular weight is 533 g/mol. The highest BCUT2D eigenvalue weighted by Crippen LogP contribution is 2.09. The van der Waals surface area contributed by atoms with Gasteiger partial charge in [-0.25, -0.2) is 4.68 Å². The molecule has 3 N–H and O–H groups in total. The Morgan fingerprint density at radius 3 is 2.52 bits per heavy atom. The van der Waals surface area contributed by atoms with Crippen molar-refractivity contribution in [1.29, 1.82) is 0 Å². The number of rotatable bonds is 9. The molecule has 0 unspecified atom stereocenters. The fourth-order valence-electron chi connectivity index (χ4n) is 2.83. The van der Waals surface area contributed by atoms with Crippen LogP contribution in [0.1, 0.15) is 22.8 Å². The van der Waals surface area contributed by atoms with Gasteiger partial charge >= 0.3 is 0 Å².